The van der Waals surface area contributed by atoms with Crippen molar-refractivity contribution in [1.29, 1.82) is 0 Å². The predicted molar refractivity (Wildman–Crippen MR) is 91.6 cm³/mol. The van der Waals surface area contributed by atoms with E-state index in [0.29, 0.717) is 22.8 Å². The lowest BCUT2D eigenvalue weighted by molar-refractivity contribution is 0.416. The lowest BCUT2D eigenvalue weighted by Crippen LogP contribution is -2.12. The van der Waals surface area contributed by atoms with Gasteiger partial charge in [0.1, 0.15) is 11.6 Å². The first-order valence-electron chi connectivity index (χ1n) is 7.12. The molecule has 6 heteroatoms. The van der Waals surface area contributed by atoms with Gasteiger partial charge in [0.2, 0.25) is 5.95 Å². The first-order chi connectivity index (χ1) is 10.4. The second kappa shape index (κ2) is 6.83. The zero-order chi connectivity index (χ0) is 16.3. The summed E-state index contributed by atoms with van der Waals surface area (Å²) in [7, 11) is 1.61. The first kappa shape index (κ1) is 16.4. The van der Waals surface area contributed by atoms with Gasteiger partial charge in [-0.05, 0) is 39.3 Å². The smallest absolute Gasteiger partial charge is 0.229 e. The Morgan fingerprint density at radius 2 is 1.86 bits per heavy atom. The number of hydrogen-bond acceptors (Lipinski definition) is 5. The summed E-state index contributed by atoms with van der Waals surface area (Å²) in [6.07, 6.45) is 0. The summed E-state index contributed by atoms with van der Waals surface area (Å²) in [6, 6.07) is 5.91. The number of aryl methyl sites for hydroxylation is 2. The summed E-state index contributed by atoms with van der Waals surface area (Å²) in [5, 5.41) is 7.14. The fourth-order valence-electron chi connectivity index (χ4n) is 2.04. The van der Waals surface area contributed by atoms with E-state index in [0.717, 1.165) is 22.8 Å². The van der Waals surface area contributed by atoms with Crippen LogP contribution in [0, 0.1) is 13.8 Å². The number of rotatable bonds is 5. The molecule has 0 fully saturated rings. The molecule has 0 aliphatic rings. The molecule has 0 radical (unpaired) electrons. The highest BCUT2D eigenvalue weighted by atomic mass is 35.5. The normalized spacial score (nSPS) is 10.7. The number of anilines is 3. The number of aromatic nitrogens is 2. The molecular formula is C16H21ClN4O. The third-order valence-electron chi connectivity index (χ3n) is 3.02. The van der Waals surface area contributed by atoms with Crippen LogP contribution in [0.4, 0.5) is 17.5 Å². The van der Waals surface area contributed by atoms with E-state index >= 15 is 0 Å². The second-order valence-electron chi connectivity index (χ2n) is 5.44. The number of hydrogen-bond donors (Lipinski definition) is 2. The van der Waals surface area contributed by atoms with Gasteiger partial charge in [-0.1, -0.05) is 11.6 Å². The van der Waals surface area contributed by atoms with Gasteiger partial charge in [-0.3, -0.25) is 0 Å². The van der Waals surface area contributed by atoms with E-state index in [9.17, 15) is 0 Å². The van der Waals surface area contributed by atoms with Crippen LogP contribution in [0.3, 0.4) is 0 Å². The molecule has 2 N–H and O–H groups in total. The topological polar surface area (TPSA) is 59.1 Å². The maximum atomic E-state index is 6.13. The molecule has 0 saturated heterocycles. The minimum atomic E-state index is 0.300. The molecule has 0 saturated carbocycles. The maximum Gasteiger partial charge on any atom is 0.229 e. The molecule has 0 unspecified atom stereocenters. The van der Waals surface area contributed by atoms with Gasteiger partial charge in [-0.2, -0.15) is 4.98 Å². The molecule has 2 rings (SSSR count). The molecule has 2 aromatic rings. The number of halogens is 1. The molecule has 22 heavy (non-hydrogen) atoms. The average Bonchev–Trinajstić information content (AvgIpc) is 2.41. The molecule has 5 nitrogen and oxygen atoms in total. The highest BCUT2D eigenvalue weighted by Crippen LogP contribution is 2.32. The van der Waals surface area contributed by atoms with Gasteiger partial charge in [0.25, 0.3) is 0 Å². The molecular weight excluding hydrogens is 300 g/mol. The van der Waals surface area contributed by atoms with E-state index in [4.69, 9.17) is 16.3 Å². The summed E-state index contributed by atoms with van der Waals surface area (Å²) in [5.41, 5.74) is 2.62. The molecule has 0 atom stereocenters. The van der Waals surface area contributed by atoms with Gasteiger partial charge in [0.15, 0.2) is 0 Å². The van der Waals surface area contributed by atoms with Crippen LogP contribution in [0.25, 0.3) is 0 Å². The highest BCUT2D eigenvalue weighted by molar-refractivity contribution is 6.31. The van der Waals surface area contributed by atoms with E-state index in [2.05, 4.69) is 34.4 Å². The molecule has 118 valence electrons. The van der Waals surface area contributed by atoms with Crippen LogP contribution >= 0.6 is 11.6 Å². The highest BCUT2D eigenvalue weighted by Gasteiger charge is 2.10. The third kappa shape index (κ3) is 4.01. The van der Waals surface area contributed by atoms with Crippen molar-refractivity contribution in [2.45, 2.75) is 33.7 Å². The second-order valence-corrected chi connectivity index (χ2v) is 5.85. The Kier molecular flexibility index (Phi) is 5.08. The van der Waals surface area contributed by atoms with E-state index < -0.39 is 0 Å². The fourth-order valence-corrected chi connectivity index (χ4v) is 2.20. The van der Waals surface area contributed by atoms with Gasteiger partial charge in [0, 0.05) is 28.9 Å². The minimum Gasteiger partial charge on any atom is -0.495 e. The molecule has 0 spiro atoms. The van der Waals surface area contributed by atoms with E-state index in [1.54, 1.807) is 13.2 Å². The molecule has 0 amide bonds. The number of methoxy groups -OCH3 is 1. The Balaban J connectivity index is 2.34. The van der Waals surface area contributed by atoms with Crippen molar-refractivity contribution in [3.63, 3.8) is 0 Å². The minimum absolute atomic E-state index is 0.300. The van der Waals surface area contributed by atoms with Crippen LogP contribution in [0.15, 0.2) is 18.2 Å². The van der Waals surface area contributed by atoms with Crippen molar-refractivity contribution < 1.29 is 4.74 Å². The zero-order valence-electron chi connectivity index (χ0n) is 13.5. The van der Waals surface area contributed by atoms with Gasteiger partial charge < -0.3 is 15.4 Å². The Labute approximate surface area is 136 Å². The van der Waals surface area contributed by atoms with Gasteiger partial charge in [-0.15, -0.1) is 0 Å². The number of nitrogens with one attached hydrogen (secondary N) is 2. The van der Waals surface area contributed by atoms with Crippen molar-refractivity contribution in [2.24, 2.45) is 0 Å². The summed E-state index contributed by atoms with van der Waals surface area (Å²) in [5.74, 6) is 1.96. The summed E-state index contributed by atoms with van der Waals surface area (Å²) in [4.78, 5) is 8.89. The van der Waals surface area contributed by atoms with Crippen molar-refractivity contribution in [3.8, 4) is 5.75 Å². The standard InChI is InChI=1S/C16H21ClN4O/c1-9(2)18-15-7-11(4)19-16(21-15)20-13-6-10(3)12(17)8-14(13)22-5/h6-9H,1-5H3,(H2,18,19,20,21). The van der Waals surface area contributed by atoms with Crippen LogP contribution in [0.1, 0.15) is 25.1 Å². The van der Waals surface area contributed by atoms with Gasteiger partial charge >= 0.3 is 0 Å². The average molecular weight is 321 g/mol. The predicted octanol–water partition coefficient (Wildman–Crippen LogP) is 4.32. The summed E-state index contributed by atoms with van der Waals surface area (Å²) < 4.78 is 5.36. The molecule has 1 aromatic heterocycles. The molecule has 0 aliphatic heterocycles. The van der Waals surface area contributed by atoms with Crippen molar-refractivity contribution in [2.75, 3.05) is 17.7 Å². The van der Waals surface area contributed by atoms with Crippen LogP contribution in [0.2, 0.25) is 5.02 Å². The van der Waals surface area contributed by atoms with E-state index in [1.165, 1.54) is 0 Å². The Morgan fingerprint density at radius 1 is 1.14 bits per heavy atom. The summed E-state index contributed by atoms with van der Waals surface area (Å²) in [6.45, 7) is 8.00. The van der Waals surface area contributed by atoms with Crippen LogP contribution in [-0.4, -0.2) is 23.1 Å². The van der Waals surface area contributed by atoms with Gasteiger partial charge in [0.05, 0.1) is 12.8 Å². The first-order valence-corrected chi connectivity index (χ1v) is 7.50. The van der Waals surface area contributed by atoms with E-state index in [-0.39, 0.29) is 0 Å². The van der Waals surface area contributed by atoms with Crippen molar-refractivity contribution in [1.82, 2.24) is 9.97 Å². The third-order valence-corrected chi connectivity index (χ3v) is 3.43. The Hall–Kier alpha value is -2.01. The SMILES string of the molecule is COc1cc(Cl)c(C)cc1Nc1nc(C)cc(NC(C)C)n1. The largest absolute Gasteiger partial charge is 0.495 e. The summed E-state index contributed by atoms with van der Waals surface area (Å²) >= 11 is 6.13. The number of nitrogens with zero attached hydrogens (tertiary/aromatic N) is 2. The Bertz CT molecular complexity index is 673. The molecule has 0 bridgehead atoms. The van der Waals surface area contributed by atoms with Gasteiger partial charge in [-0.25, -0.2) is 4.98 Å². The van der Waals surface area contributed by atoms with Crippen LogP contribution < -0.4 is 15.4 Å². The number of benzene rings is 1. The Morgan fingerprint density at radius 3 is 2.50 bits per heavy atom. The monoisotopic (exact) mass is 320 g/mol. The number of ether oxygens (including phenoxy) is 1. The molecule has 0 aliphatic carbocycles. The van der Waals surface area contributed by atoms with E-state index in [1.807, 2.05) is 26.0 Å². The lowest BCUT2D eigenvalue weighted by atomic mass is 10.2. The molecule has 1 heterocycles. The van der Waals surface area contributed by atoms with Crippen molar-refractivity contribution >= 4 is 29.1 Å². The lowest BCUT2D eigenvalue weighted by Gasteiger charge is -2.14. The van der Waals surface area contributed by atoms with Crippen LogP contribution in [-0.2, 0) is 0 Å². The maximum absolute atomic E-state index is 6.13. The zero-order valence-corrected chi connectivity index (χ0v) is 14.2. The van der Waals surface area contributed by atoms with Crippen molar-refractivity contribution in [3.05, 3.63) is 34.5 Å². The quantitative estimate of drug-likeness (QED) is 0.859. The van der Waals surface area contributed by atoms with Crippen LogP contribution in [0.5, 0.6) is 5.75 Å². The fraction of sp³-hybridized carbons (Fsp3) is 0.375. The molecule has 1 aromatic carbocycles.